The van der Waals surface area contributed by atoms with E-state index in [9.17, 15) is 4.79 Å². The largest absolute Gasteiger partial charge is 0.450 e. The number of hydrogen-bond donors (Lipinski definition) is 1. The van der Waals surface area contributed by atoms with E-state index in [0.29, 0.717) is 12.3 Å². The lowest BCUT2D eigenvalue weighted by molar-refractivity contribution is 0.0678. The Balaban J connectivity index is 1.82. The van der Waals surface area contributed by atoms with Crippen LogP contribution in [0.1, 0.15) is 29.0 Å². The molecule has 2 heterocycles. The highest BCUT2D eigenvalue weighted by Gasteiger charge is 2.27. The summed E-state index contributed by atoms with van der Waals surface area (Å²) in [5, 5.41) is 3.17. The van der Waals surface area contributed by atoms with E-state index in [2.05, 4.69) is 12.1 Å². The van der Waals surface area contributed by atoms with E-state index in [-0.39, 0.29) is 11.9 Å². The van der Waals surface area contributed by atoms with Crippen LogP contribution in [0.15, 0.2) is 40.8 Å². The fraction of sp³-hybridized carbons (Fsp3) is 0.316. The summed E-state index contributed by atoms with van der Waals surface area (Å²) in [7, 11) is 0. The molecule has 0 aliphatic carbocycles. The summed E-state index contributed by atoms with van der Waals surface area (Å²) in [6, 6.07) is 12.3. The third kappa shape index (κ3) is 2.30. The highest BCUT2D eigenvalue weighted by atomic mass is 16.3. The van der Waals surface area contributed by atoms with E-state index < -0.39 is 0 Å². The van der Waals surface area contributed by atoms with Crippen molar-refractivity contribution in [2.24, 2.45) is 5.73 Å². The number of hydrogen-bond acceptors (Lipinski definition) is 3. The van der Waals surface area contributed by atoms with Crippen molar-refractivity contribution in [2.45, 2.75) is 25.8 Å². The molecule has 2 aromatic carbocycles. The molecule has 1 unspecified atom stereocenters. The molecule has 4 heteroatoms. The predicted octanol–water partition coefficient (Wildman–Crippen LogP) is 3.46. The number of carbonyl (C=O) groups excluding carboxylic acids is 1. The Bertz CT molecular complexity index is 897. The Labute approximate surface area is 134 Å². The molecule has 2 N–H and O–H groups in total. The summed E-state index contributed by atoms with van der Waals surface area (Å²) in [4.78, 5) is 14.7. The van der Waals surface area contributed by atoms with Crippen LogP contribution in [0.2, 0.25) is 0 Å². The minimum Gasteiger partial charge on any atom is -0.450 e. The molecule has 1 saturated heterocycles. The summed E-state index contributed by atoms with van der Waals surface area (Å²) in [6.07, 6.45) is 1.93. The van der Waals surface area contributed by atoms with Gasteiger partial charge in [-0.25, -0.2) is 0 Å². The number of likely N-dealkylation sites (tertiary alicyclic amines) is 1. The van der Waals surface area contributed by atoms with Crippen LogP contribution < -0.4 is 5.73 Å². The summed E-state index contributed by atoms with van der Waals surface area (Å²) in [6.45, 7) is 3.32. The van der Waals surface area contributed by atoms with E-state index in [1.54, 1.807) is 0 Å². The van der Waals surface area contributed by atoms with Gasteiger partial charge in [0.15, 0.2) is 5.76 Å². The molecule has 118 valence electrons. The third-order valence-corrected chi connectivity index (χ3v) is 4.77. The van der Waals surface area contributed by atoms with Gasteiger partial charge in [-0.3, -0.25) is 4.79 Å². The first-order valence-electron chi connectivity index (χ1n) is 8.11. The Hall–Kier alpha value is -2.33. The van der Waals surface area contributed by atoms with Gasteiger partial charge in [0.1, 0.15) is 5.58 Å². The van der Waals surface area contributed by atoms with Crippen molar-refractivity contribution in [1.29, 1.82) is 0 Å². The molecule has 0 radical (unpaired) electrons. The maximum atomic E-state index is 12.8. The number of amides is 1. The van der Waals surface area contributed by atoms with Gasteiger partial charge < -0.3 is 15.1 Å². The zero-order valence-corrected chi connectivity index (χ0v) is 13.2. The van der Waals surface area contributed by atoms with Crippen LogP contribution in [0.5, 0.6) is 0 Å². The minimum absolute atomic E-state index is 0.0436. The van der Waals surface area contributed by atoms with Gasteiger partial charge >= 0.3 is 0 Å². The van der Waals surface area contributed by atoms with Crippen LogP contribution in [0, 0.1) is 6.92 Å². The smallest absolute Gasteiger partial charge is 0.289 e. The zero-order valence-electron chi connectivity index (χ0n) is 13.2. The summed E-state index contributed by atoms with van der Waals surface area (Å²) >= 11 is 0. The lowest BCUT2D eigenvalue weighted by atomic mass is 10.0. The predicted molar refractivity (Wildman–Crippen MR) is 91.6 cm³/mol. The lowest BCUT2D eigenvalue weighted by Gasteiger charge is -2.30. The normalized spacial score (nSPS) is 18.7. The fourth-order valence-corrected chi connectivity index (χ4v) is 3.49. The number of rotatable bonds is 1. The van der Waals surface area contributed by atoms with E-state index in [0.717, 1.165) is 46.7 Å². The molecule has 1 fully saturated rings. The topological polar surface area (TPSA) is 59.5 Å². The molecular weight excluding hydrogens is 288 g/mol. The average Bonchev–Trinajstić information content (AvgIpc) is 2.91. The molecule has 1 aromatic heterocycles. The molecule has 0 saturated carbocycles. The number of carbonyl (C=O) groups is 1. The highest BCUT2D eigenvalue weighted by Crippen LogP contribution is 2.32. The summed E-state index contributed by atoms with van der Waals surface area (Å²) in [5.74, 6) is 0.406. The first-order valence-corrected chi connectivity index (χ1v) is 8.11. The van der Waals surface area contributed by atoms with Gasteiger partial charge in [-0.15, -0.1) is 0 Å². The van der Waals surface area contributed by atoms with Gasteiger partial charge in [0.25, 0.3) is 5.91 Å². The van der Waals surface area contributed by atoms with Crippen molar-refractivity contribution in [3.8, 4) is 0 Å². The van der Waals surface area contributed by atoms with Gasteiger partial charge in [-0.2, -0.15) is 0 Å². The molecule has 4 rings (SSSR count). The Morgan fingerprint density at radius 1 is 1.22 bits per heavy atom. The molecule has 1 aliphatic heterocycles. The van der Waals surface area contributed by atoms with Crippen molar-refractivity contribution in [2.75, 3.05) is 13.1 Å². The molecule has 1 atom stereocenters. The number of nitrogens with two attached hydrogens (primary N) is 1. The Kier molecular flexibility index (Phi) is 3.34. The molecule has 23 heavy (non-hydrogen) atoms. The molecule has 4 nitrogen and oxygen atoms in total. The average molecular weight is 308 g/mol. The number of furan rings is 1. The first kappa shape index (κ1) is 14.3. The van der Waals surface area contributed by atoms with Crippen molar-refractivity contribution >= 4 is 27.6 Å². The summed E-state index contributed by atoms with van der Waals surface area (Å²) < 4.78 is 6.03. The molecule has 0 spiro atoms. The fourth-order valence-electron chi connectivity index (χ4n) is 3.49. The van der Waals surface area contributed by atoms with Gasteiger partial charge in [-0.1, -0.05) is 36.4 Å². The van der Waals surface area contributed by atoms with E-state index >= 15 is 0 Å². The van der Waals surface area contributed by atoms with Crippen LogP contribution in [-0.4, -0.2) is 29.9 Å². The van der Waals surface area contributed by atoms with Crippen LogP contribution in [-0.2, 0) is 0 Å². The van der Waals surface area contributed by atoms with Crippen molar-refractivity contribution < 1.29 is 9.21 Å². The third-order valence-electron chi connectivity index (χ3n) is 4.77. The maximum Gasteiger partial charge on any atom is 0.289 e. The Morgan fingerprint density at radius 3 is 2.87 bits per heavy atom. The lowest BCUT2D eigenvalue weighted by Crippen LogP contribution is -2.45. The molecular formula is C19H20N2O2. The number of piperidine rings is 1. The number of fused-ring (bicyclic) bond motifs is 3. The van der Waals surface area contributed by atoms with E-state index in [4.69, 9.17) is 10.2 Å². The van der Waals surface area contributed by atoms with Crippen LogP contribution >= 0.6 is 0 Å². The van der Waals surface area contributed by atoms with Gasteiger partial charge in [0.2, 0.25) is 0 Å². The molecule has 3 aromatic rings. The van der Waals surface area contributed by atoms with Crippen LogP contribution in [0.4, 0.5) is 0 Å². The van der Waals surface area contributed by atoms with Gasteiger partial charge in [0.05, 0.1) is 0 Å². The first-order chi connectivity index (χ1) is 11.1. The SMILES string of the molecule is Cc1c(C(=O)N2CCCC(N)C2)oc2c1ccc1ccccc12. The monoisotopic (exact) mass is 308 g/mol. The quantitative estimate of drug-likeness (QED) is 0.749. The second-order valence-corrected chi connectivity index (χ2v) is 6.37. The number of nitrogens with zero attached hydrogens (tertiary/aromatic N) is 1. The zero-order chi connectivity index (χ0) is 16.0. The highest BCUT2D eigenvalue weighted by molar-refractivity contribution is 6.08. The minimum atomic E-state index is -0.0436. The Morgan fingerprint density at radius 2 is 2.04 bits per heavy atom. The second-order valence-electron chi connectivity index (χ2n) is 6.37. The maximum absolute atomic E-state index is 12.8. The molecule has 0 bridgehead atoms. The van der Waals surface area contributed by atoms with Crippen molar-refractivity contribution in [3.05, 3.63) is 47.7 Å². The van der Waals surface area contributed by atoms with Crippen LogP contribution in [0.25, 0.3) is 21.7 Å². The standard InChI is InChI=1S/C19H20N2O2/c1-12-15-9-8-13-5-2-3-7-16(13)18(15)23-17(12)19(22)21-10-4-6-14(20)11-21/h2-3,5,7-9,14H,4,6,10-11,20H2,1H3. The molecule has 1 aliphatic rings. The van der Waals surface area contributed by atoms with Crippen LogP contribution in [0.3, 0.4) is 0 Å². The number of aryl methyl sites for hydroxylation is 1. The van der Waals surface area contributed by atoms with E-state index in [1.165, 1.54) is 0 Å². The van der Waals surface area contributed by atoms with E-state index in [1.807, 2.05) is 36.1 Å². The summed E-state index contributed by atoms with van der Waals surface area (Å²) in [5.41, 5.74) is 7.71. The van der Waals surface area contributed by atoms with Crippen molar-refractivity contribution in [3.63, 3.8) is 0 Å². The van der Waals surface area contributed by atoms with Crippen molar-refractivity contribution in [1.82, 2.24) is 4.90 Å². The van der Waals surface area contributed by atoms with Gasteiger partial charge in [-0.05, 0) is 25.2 Å². The van der Waals surface area contributed by atoms with Gasteiger partial charge in [0, 0.05) is 35.5 Å². The number of benzene rings is 2. The molecule has 1 amide bonds. The second kappa shape index (κ2) is 5.39.